The van der Waals surface area contributed by atoms with E-state index in [0.717, 1.165) is 10.3 Å². The summed E-state index contributed by atoms with van der Waals surface area (Å²) in [6.07, 6.45) is 1.54. The highest BCUT2D eigenvalue weighted by molar-refractivity contribution is 5.47. The molecule has 0 aliphatic rings. The fourth-order valence-electron chi connectivity index (χ4n) is 1.10. The first-order valence-electron chi connectivity index (χ1n) is 4.05. The van der Waals surface area contributed by atoms with Gasteiger partial charge in [-0.2, -0.15) is 0 Å². The van der Waals surface area contributed by atoms with Crippen LogP contribution in [0.2, 0.25) is 0 Å². The Labute approximate surface area is 72.7 Å². The molecule has 2 heteroatoms. The Morgan fingerprint density at radius 3 is 2.42 bits per heavy atom. The Hall–Kier alpha value is -1.31. The molecule has 0 bridgehead atoms. The smallest absolute Gasteiger partial charge is 0.185 e. The van der Waals surface area contributed by atoms with Crippen LogP contribution < -0.4 is 0 Å². The lowest BCUT2D eigenvalue weighted by Crippen LogP contribution is -2.09. The minimum Gasteiger partial charge on any atom is -0.624 e. The average molecular weight is 163 g/mol. The SMILES string of the molecule is C/C=[N+](\[O-])C(C)c1ccccc1. The summed E-state index contributed by atoms with van der Waals surface area (Å²) < 4.78 is 0.954. The van der Waals surface area contributed by atoms with E-state index in [-0.39, 0.29) is 6.04 Å². The second kappa shape index (κ2) is 3.90. The van der Waals surface area contributed by atoms with Crippen molar-refractivity contribution in [1.82, 2.24) is 0 Å². The van der Waals surface area contributed by atoms with Gasteiger partial charge in [0.2, 0.25) is 0 Å². The number of nitrogens with zero attached hydrogens (tertiary/aromatic N) is 1. The zero-order chi connectivity index (χ0) is 8.97. The number of hydrogen-bond donors (Lipinski definition) is 0. The van der Waals surface area contributed by atoms with Crippen molar-refractivity contribution >= 4 is 6.21 Å². The van der Waals surface area contributed by atoms with Gasteiger partial charge in [0.15, 0.2) is 6.04 Å². The van der Waals surface area contributed by atoms with Crippen molar-refractivity contribution in [1.29, 1.82) is 0 Å². The third-order valence-electron chi connectivity index (χ3n) is 1.92. The second-order valence-electron chi connectivity index (χ2n) is 2.70. The zero-order valence-corrected chi connectivity index (χ0v) is 7.40. The zero-order valence-electron chi connectivity index (χ0n) is 7.40. The molecule has 0 radical (unpaired) electrons. The van der Waals surface area contributed by atoms with E-state index in [4.69, 9.17) is 0 Å². The van der Waals surface area contributed by atoms with Gasteiger partial charge in [0.1, 0.15) is 6.21 Å². The molecular formula is C10H13NO. The molecule has 0 aliphatic carbocycles. The summed E-state index contributed by atoms with van der Waals surface area (Å²) in [6, 6.07) is 9.65. The van der Waals surface area contributed by atoms with Crippen LogP contribution in [0.1, 0.15) is 25.5 Å². The van der Waals surface area contributed by atoms with Gasteiger partial charge in [-0.05, 0) is 0 Å². The summed E-state index contributed by atoms with van der Waals surface area (Å²) in [6.45, 7) is 3.63. The molecule has 0 spiro atoms. The van der Waals surface area contributed by atoms with E-state index in [1.165, 1.54) is 6.21 Å². The minimum atomic E-state index is -0.0869. The normalized spacial score (nSPS) is 14.3. The van der Waals surface area contributed by atoms with E-state index in [9.17, 15) is 5.21 Å². The van der Waals surface area contributed by atoms with Crippen molar-refractivity contribution in [2.24, 2.45) is 0 Å². The molecular weight excluding hydrogens is 150 g/mol. The van der Waals surface area contributed by atoms with Gasteiger partial charge < -0.3 is 5.21 Å². The standard InChI is InChI=1S/C10H13NO/c1-3-11(12)9(2)10-7-5-4-6-8-10/h3-9H,1-2H3/b11-3-. The Morgan fingerprint density at radius 1 is 1.33 bits per heavy atom. The van der Waals surface area contributed by atoms with Gasteiger partial charge in [0.05, 0.1) is 0 Å². The summed E-state index contributed by atoms with van der Waals surface area (Å²) >= 11 is 0. The van der Waals surface area contributed by atoms with Crippen LogP contribution in [-0.4, -0.2) is 11.0 Å². The van der Waals surface area contributed by atoms with E-state index in [0.29, 0.717) is 0 Å². The topological polar surface area (TPSA) is 26.1 Å². The first-order valence-corrected chi connectivity index (χ1v) is 4.05. The third kappa shape index (κ3) is 1.84. The molecule has 2 nitrogen and oxygen atoms in total. The van der Waals surface area contributed by atoms with Crippen LogP contribution in [0, 0.1) is 5.21 Å². The third-order valence-corrected chi connectivity index (χ3v) is 1.92. The maximum atomic E-state index is 11.2. The van der Waals surface area contributed by atoms with E-state index < -0.39 is 0 Å². The highest BCUT2D eigenvalue weighted by atomic mass is 16.5. The van der Waals surface area contributed by atoms with E-state index in [1.807, 2.05) is 37.3 Å². The van der Waals surface area contributed by atoms with Gasteiger partial charge in [0.25, 0.3) is 0 Å². The lowest BCUT2D eigenvalue weighted by molar-refractivity contribution is -0.499. The molecule has 1 aromatic rings. The van der Waals surface area contributed by atoms with Crippen molar-refractivity contribution in [3.63, 3.8) is 0 Å². The molecule has 0 saturated carbocycles. The lowest BCUT2D eigenvalue weighted by atomic mass is 10.1. The van der Waals surface area contributed by atoms with Crippen LogP contribution in [0.4, 0.5) is 0 Å². The Bertz CT molecular complexity index is 266. The summed E-state index contributed by atoms with van der Waals surface area (Å²) in [7, 11) is 0. The van der Waals surface area contributed by atoms with Gasteiger partial charge in [-0.3, -0.25) is 0 Å². The first kappa shape index (κ1) is 8.78. The largest absolute Gasteiger partial charge is 0.624 e. The van der Waals surface area contributed by atoms with E-state index >= 15 is 0 Å². The van der Waals surface area contributed by atoms with Crippen molar-refractivity contribution in [2.45, 2.75) is 19.9 Å². The molecule has 0 amide bonds. The van der Waals surface area contributed by atoms with E-state index in [2.05, 4.69) is 0 Å². The predicted octanol–water partition coefficient (Wildman–Crippen LogP) is 2.35. The molecule has 0 N–H and O–H groups in total. The molecule has 1 unspecified atom stereocenters. The van der Waals surface area contributed by atoms with Gasteiger partial charge in [-0.1, -0.05) is 30.3 Å². The van der Waals surface area contributed by atoms with Gasteiger partial charge in [-0.15, -0.1) is 0 Å². The number of hydroxylamine groups is 1. The van der Waals surface area contributed by atoms with Crippen molar-refractivity contribution in [3.05, 3.63) is 41.1 Å². The summed E-state index contributed by atoms with van der Waals surface area (Å²) in [5, 5.41) is 11.2. The summed E-state index contributed by atoms with van der Waals surface area (Å²) in [5.74, 6) is 0. The van der Waals surface area contributed by atoms with Crippen LogP contribution in [0.25, 0.3) is 0 Å². The highest BCUT2D eigenvalue weighted by Gasteiger charge is 2.09. The fourth-order valence-corrected chi connectivity index (χ4v) is 1.10. The molecule has 0 fully saturated rings. The number of rotatable bonds is 2. The maximum absolute atomic E-state index is 11.2. The molecule has 0 aliphatic heterocycles. The Morgan fingerprint density at radius 2 is 1.92 bits per heavy atom. The van der Waals surface area contributed by atoms with Crippen LogP contribution in [-0.2, 0) is 0 Å². The molecule has 1 atom stereocenters. The molecule has 0 heterocycles. The molecule has 64 valence electrons. The van der Waals surface area contributed by atoms with E-state index in [1.54, 1.807) is 6.92 Å². The summed E-state index contributed by atoms with van der Waals surface area (Å²) in [4.78, 5) is 0. The first-order chi connectivity index (χ1) is 5.75. The van der Waals surface area contributed by atoms with Crippen molar-refractivity contribution in [3.8, 4) is 0 Å². The lowest BCUT2D eigenvalue weighted by Gasteiger charge is -2.11. The van der Waals surface area contributed by atoms with Crippen LogP contribution >= 0.6 is 0 Å². The number of hydrogen-bond acceptors (Lipinski definition) is 1. The molecule has 1 aromatic carbocycles. The minimum absolute atomic E-state index is 0.0869. The van der Waals surface area contributed by atoms with Crippen molar-refractivity contribution in [2.75, 3.05) is 0 Å². The average Bonchev–Trinajstić information content (AvgIpc) is 2.17. The molecule has 12 heavy (non-hydrogen) atoms. The van der Waals surface area contributed by atoms with Gasteiger partial charge in [-0.25, -0.2) is 4.74 Å². The number of benzene rings is 1. The van der Waals surface area contributed by atoms with Gasteiger partial charge >= 0.3 is 0 Å². The van der Waals surface area contributed by atoms with Crippen LogP contribution in [0.15, 0.2) is 30.3 Å². The molecule has 1 rings (SSSR count). The maximum Gasteiger partial charge on any atom is 0.185 e. The molecule has 0 aromatic heterocycles. The van der Waals surface area contributed by atoms with Crippen LogP contribution in [0.5, 0.6) is 0 Å². The monoisotopic (exact) mass is 163 g/mol. The predicted molar refractivity (Wildman–Crippen MR) is 50.2 cm³/mol. The van der Waals surface area contributed by atoms with Crippen molar-refractivity contribution < 1.29 is 4.74 Å². The Balaban J connectivity index is 2.86. The van der Waals surface area contributed by atoms with Gasteiger partial charge in [0, 0.05) is 19.4 Å². The molecule has 0 saturated heterocycles. The highest BCUT2D eigenvalue weighted by Crippen LogP contribution is 2.14. The van der Waals surface area contributed by atoms with Crippen LogP contribution in [0.3, 0.4) is 0 Å². The fraction of sp³-hybridized carbons (Fsp3) is 0.300. The quantitative estimate of drug-likeness (QED) is 0.284. The second-order valence-corrected chi connectivity index (χ2v) is 2.70. The Kier molecular flexibility index (Phi) is 2.86. The summed E-state index contributed by atoms with van der Waals surface area (Å²) in [5.41, 5.74) is 1.05.